The molecule has 0 saturated heterocycles. The summed E-state index contributed by atoms with van der Waals surface area (Å²) >= 11 is 1.62. The Hall–Kier alpha value is -3.59. The molecule has 0 N–H and O–H groups in total. The number of carbonyl (C=O) groups excluding carboxylic acids is 1. The maximum Gasteiger partial charge on any atom is 0.310 e. The number of para-hydroxylation sites is 2. The van der Waals surface area contributed by atoms with E-state index in [1.54, 1.807) is 35.5 Å². The lowest BCUT2D eigenvalue weighted by Gasteiger charge is -2.22. The third kappa shape index (κ3) is 5.98. The molecule has 168 valence electrons. The molecule has 0 aliphatic rings. The molecule has 9 heteroatoms. The summed E-state index contributed by atoms with van der Waals surface area (Å²) in [5.41, 5.74) is 0.692. The van der Waals surface area contributed by atoms with E-state index in [4.69, 9.17) is 14.2 Å². The Bertz CT molecular complexity index is 1050. The summed E-state index contributed by atoms with van der Waals surface area (Å²) < 4.78 is 16.7. The molecule has 1 amide bonds. The number of nitro benzene ring substituents is 1. The van der Waals surface area contributed by atoms with E-state index in [2.05, 4.69) is 0 Å². The zero-order valence-corrected chi connectivity index (χ0v) is 18.7. The Morgan fingerprint density at radius 3 is 2.56 bits per heavy atom. The van der Waals surface area contributed by atoms with Crippen LogP contribution in [0.15, 0.2) is 60.0 Å². The van der Waals surface area contributed by atoms with Crippen LogP contribution in [0.5, 0.6) is 17.2 Å². The number of nitrogens with zero attached hydrogens (tertiary/aromatic N) is 2. The first-order valence-corrected chi connectivity index (χ1v) is 10.9. The molecule has 1 aromatic heterocycles. The number of hydrogen-bond donors (Lipinski definition) is 0. The number of ether oxygens (including phenoxy) is 3. The van der Waals surface area contributed by atoms with Crippen LogP contribution in [0.4, 0.5) is 5.69 Å². The average molecular weight is 457 g/mol. The van der Waals surface area contributed by atoms with Gasteiger partial charge in [0.2, 0.25) is 0 Å². The molecule has 0 bridgehead atoms. The van der Waals surface area contributed by atoms with Crippen LogP contribution in [0.2, 0.25) is 0 Å². The van der Waals surface area contributed by atoms with E-state index >= 15 is 0 Å². The molecule has 2 aromatic carbocycles. The first-order valence-electron chi connectivity index (χ1n) is 9.98. The highest BCUT2D eigenvalue weighted by Crippen LogP contribution is 2.30. The topological polar surface area (TPSA) is 91.1 Å². The van der Waals surface area contributed by atoms with Crippen molar-refractivity contribution in [1.29, 1.82) is 0 Å². The SMILES string of the molecule is CCN(Cc1ccc(OCc2cccs2)c(OC)c1)C(=O)COc1ccccc1[N+](=O)[O-]. The number of nitro groups is 1. The van der Waals surface area contributed by atoms with Crippen LogP contribution in [0, 0.1) is 10.1 Å². The second-order valence-corrected chi connectivity index (χ2v) is 7.81. The lowest BCUT2D eigenvalue weighted by molar-refractivity contribution is -0.385. The molecule has 0 aliphatic heterocycles. The molecular weight excluding hydrogens is 432 g/mol. The van der Waals surface area contributed by atoms with Gasteiger partial charge in [-0.2, -0.15) is 0 Å². The van der Waals surface area contributed by atoms with E-state index in [9.17, 15) is 14.9 Å². The van der Waals surface area contributed by atoms with Crippen LogP contribution in [0.25, 0.3) is 0 Å². The maximum atomic E-state index is 12.7. The standard InChI is InChI=1S/C23H24N2O6S/c1-3-24(23(26)16-31-20-9-5-4-8-19(20)25(27)28)14-17-10-11-21(22(13-17)29-2)30-15-18-7-6-12-32-18/h4-13H,3,14-16H2,1-2H3. The third-order valence-corrected chi connectivity index (χ3v) is 5.55. The van der Waals surface area contributed by atoms with Gasteiger partial charge in [-0.1, -0.05) is 24.3 Å². The molecule has 1 heterocycles. The number of amides is 1. The van der Waals surface area contributed by atoms with Gasteiger partial charge in [0.05, 0.1) is 12.0 Å². The fourth-order valence-electron chi connectivity index (χ4n) is 3.03. The van der Waals surface area contributed by atoms with E-state index in [1.165, 1.54) is 12.1 Å². The van der Waals surface area contributed by atoms with Gasteiger partial charge in [0.1, 0.15) is 6.61 Å². The predicted octanol–water partition coefficient (Wildman–Crippen LogP) is 4.67. The molecule has 0 saturated carbocycles. The Kier molecular flexibility index (Phi) is 8.04. The summed E-state index contributed by atoms with van der Waals surface area (Å²) in [5, 5.41) is 13.1. The highest BCUT2D eigenvalue weighted by molar-refractivity contribution is 7.09. The Balaban J connectivity index is 1.62. The van der Waals surface area contributed by atoms with Crippen molar-refractivity contribution in [3.05, 3.63) is 80.5 Å². The zero-order chi connectivity index (χ0) is 22.9. The smallest absolute Gasteiger partial charge is 0.310 e. The lowest BCUT2D eigenvalue weighted by atomic mass is 10.2. The van der Waals surface area contributed by atoms with Crippen LogP contribution in [-0.2, 0) is 17.9 Å². The van der Waals surface area contributed by atoms with Crippen molar-refractivity contribution in [2.75, 3.05) is 20.3 Å². The van der Waals surface area contributed by atoms with Crippen LogP contribution in [0.1, 0.15) is 17.4 Å². The maximum absolute atomic E-state index is 12.7. The number of methoxy groups -OCH3 is 1. The molecule has 8 nitrogen and oxygen atoms in total. The second-order valence-electron chi connectivity index (χ2n) is 6.77. The number of hydrogen-bond acceptors (Lipinski definition) is 7. The summed E-state index contributed by atoms with van der Waals surface area (Å²) in [6.07, 6.45) is 0. The van der Waals surface area contributed by atoms with Gasteiger partial charge in [0.25, 0.3) is 5.91 Å². The van der Waals surface area contributed by atoms with E-state index < -0.39 is 4.92 Å². The van der Waals surface area contributed by atoms with Gasteiger partial charge in [-0.15, -0.1) is 11.3 Å². The highest BCUT2D eigenvalue weighted by Gasteiger charge is 2.18. The van der Waals surface area contributed by atoms with Gasteiger partial charge in [0, 0.05) is 24.0 Å². The fourth-order valence-corrected chi connectivity index (χ4v) is 3.65. The highest BCUT2D eigenvalue weighted by atomic mass is 32.1. The second kappa shape index (κ2) is 11.1. The van der Waals surface area contributed by atoms with Crippen LogP contribution in [-0.4, -0.2) is 36.0 Å². The zero-order valence-electron chi connectivity index (χ0n) is 17.9. The Morgan fingerprint density at radius 1 is 1.06 bits per heavy atom. The quantitative estimate of drug-likeness (QED) is 0.308. The minimum atomic E-state index is -0.536. The number of thiophene rings is 1. The third-order valence-electron chi connectivity index (χ3n) is 4.70. The molecule has 0 spiro atoms. The summed E-state index contributed by atoms with van der Waals surface area (Å²) in [6, 6.07) is 15.5. The Labute approximate surface area is 190 Å². The number of rotatable bonds is 11. The fraction of sp³-hybridized carbons (Fsp3) is 0.261. The van der Waals surface area contributed by atoms with Gasteiger partial charge >= 0.3 is 5.69 Å². The molecule has 0 unspecified atom stereocenters. The van der Waals surface area contributed by atoms with E-state index in [1.807, 2.05) is 42.6 Å². The summed E-state index contributed by atoms with van der Waals surface area (Å²) in [5.74, 6) is 0.996. The van der Waals surface area contributed by atoms with E-state index in [0.29, 0.717) is 31.2 Å². The summed E-state index contributed by atoms with van der Waals surface area (Å²) in [6.45, 7) is 2.82. The van der Waals surface area contributed by atoms with Crippen molar-refractivity contribution in [3.63, 3.8) is 0 Å². The monoisotopic (exact) mass is 456 g/mol. The first-order chi connectivity index (χ1) is 15.5. The molecule has 0 atom stereocenters. The number of likely N-dealkylation sites (N-methyl/N-ethyl adjacent to an activating group) is 1. The molecule has 3 aromatic rings. The number of carbonyl (C=O) groups is 1. The number of benzene rings is 2. The van der Waals surface area contributed by atoms with Gasteiger partial charge in [-0.3, -0.25) is 14.9 Å². The molecule has 0 fully saturated rings. The average Bonchev–Trinajstić information content (AvgIpc) is 3.33. The first kappa shape index (κ1) is 23.1. The van der Waals surface area contributed by atoms with Crippen LogP contribution in [0.3, 0.4) is 0 Å². The largest absolute Gasteiger partial charge is 0.493 e. The van der Waals surface area contributed by atoms with E-state index in [0.717, 1.165) is 10.4 Å². The van der Waals surface area contributed by atoms with Crippen molar-refractivity contribution >= 4 is 22.9 Å². The lowest BCUT2D eigenvalue weighted by Crippen LogP contribution is -2.34. The van der Waals surface area contributed by atoms with Crippen LogP contribution < -0.4 is 14.2 Å². The Morgan fingerprint density at radius 2 is 1.88 bits per heavy atom. The van der Waals surface area contributed by atoms with Crippen molar-refractivity contribution in [2.24, 2.45) is 0 Å². The van der Waals surface area contributed by atoms with Crippen molar-refractivity contribution < 1.29 is 23.9 Å². The van der Waals surface area contributed by atoms with Crippen molar-refractivity contribution in [1.82, 2.24) is 4.90 Å². The normalized spacial score (nSPS) is 10.4. The molecule has 0 radical (unpaired) electrons. The van der Waals surface area contributed by atoms with Crippen molar-refractivity contribution in [3.8, 4) is 17.2 Å². The summed E-state index contributed by atoms with van der Waals surface area (Å²) in [4.78, 5) is 26.0. The van der Waals surface area contributed by atoms with Crippen molar-refractivity contribution in [2.45, 2.75) is 20.1 Å². The molecular formula is C23H24N2O6S. The molecule has 0 aliphatic carbocycles. The van der Waals surface area contributed by atoms with Gasteiger partial charge in [-0.25, -0.2) is 0 Å². The molecule has 32 heavy (non-hydrogen) atoms. The minimum absolute atomic E-state index is 0.0656. The minimum Gasteiger partial charge on any atom is -0.493 e. The van der Waals surface area contributed by atoms with Gasteiger partial charge in [0.15, 0.2) is 23.9 Å². The van der Waals surface area contributed by atoms with Crippen LogP contribution >= 0.6 is 11.3 Å². The summed E-state index contributed by atoms with van der Waals surface area (Å²) in [7, 11) is 1.57. The predicted molar refractivity (Wildman–Crippen MR) is 121 cm³/mol. The van der Waals surface area contributed by atoms with Gasteiger partial charge in [-0.05, 0) is 42.1 Å². The van der Waals surface area contributed by atoms with Gasteiger partial charge < -0.3 is 19.1 Å². The molecule has 3 rings (SSSR count). The van der Waals surface area contributed by atoms with E-state index in [-0.39, 0.29) is 24.0 Å².